The van der Waals surface area contributed by atoms with Crippen LogP contribution < -0.4 is 0 Å². The first-order valence-corrected chi connectivity index (χ1v) is 5.04. The van der Waals surface area contributed by atoms with Crippen molar-refractivity contribution in [3.8, 4) is 0 Å². The van der Waals surface area contributed by atoms with Crippen molar-refractivity contribution in [3.63, 3.8) is 0 Å². The van der Waals surface area contributed by atoms with Crippen LogP contribution in [0.4, 0.5) is 0 Å². The van der Waals surface area contributed by atoms with Crippen molar-refractivity contribution in [1.82, 2.24) is 0 Å². The van der Waals surface area contributed by atoms with Gasteiger partial charge in [0.05, 0.1) is 0 Å². The lowest BCUT2D eigenvalue weighted by Crippen LogP contribution is -1.78. The summed E-state index contributed by atoms with van der Waals surface area (Å²) in [4.78, 5) is 0. The zero-order valence-corrected chi connectivity index (χ0v) is 7.47. The largest absolute Gasteiger partial charge is 0.719 e. The molecule has 2 heteroatoms. The molecule has 0 bridgehead atoms. The molecular weight excluding hydrogens is 160 g/mol. The van der Waals surface area contributed by atoms with E-state index in [9.17, 15) is 0 Å². The molecule has 0 aliphatic carbocycles. The summed E-state index contributed by atoms with van der Waals surface area (Å²) in [5.74, 6) is 0.940. The van der Waals surface area contributed by atoms with Gasteiger partial charge in [-0.3, -0.25) is 0 Å². The van der Waals surface area contributed by atoms with Gasteiger partial charge in [-0.1, -0.05) is 29.8 Å². The molecule has 0 aromatic heterocycles. The van der Waals surface area contributed by atoms with E-state index in [1.807, 2.05) is 0 Å². The highest BCUT2D eigenvalue weighted by Crippen LogP contribution is 2.10. The molecule has 0 fully saturated rings. The molecule has 54 valence electrons. The second-order valence-corrected chi connectivity index (χ2v) is 3.48. The monoisotopic (exact) mass is 169 g/mol. The molecule has 0 aliphatic heterocycles. The highest BCUT2D eigenvalue weighted by atomic mass is 33.1. The van der Waals surface area contributed by atoms with Gasteiger partial charge in [0.15, 0.2) is 0 Å². The number of hydrogen-bond donors (Lipinski definition) is 0. The second kappa shape index (κ2) is 3.94. The van der Waals surface area contributed by atoms with Crippen molar-refractivity contribution in [2.24, 2.45) is 0 Å². The molecule has 0 amide bonds. The highest BCUT2D eigenvalue weighted by Gasteiger charge is 1.85. The smallest absolute Gasteiger partial charge is 0.00532 e. The van der Waals surface area contributed by atoms with Gasteiger partial charge in [0.1, 0.15) is 0 Å². The van der Waals surface area contributed by atoms with E-state index in [1.54, 1.807) is 0 Å². The van der Waals surface area contributed by atoms with Gasteiger partial charge < -0.3 is 22.5 Å². The van der Waals surface area contributed by atoms with Gasteiger partial charge in [0.25, 0.3) is 0 Å². The molecule has 0 saturated carbocycles. The molecule has 0 aliphatic rings. The van der Waals surface area contributed by atoms with Crippen LogP contribution in [0.15, 0.2) is 24.3 Å². The molecule has 1 aromatic rings. The fourth-order valence-electron chi connectivity index (χ4n) is 0.752. The third kappa shape index (κ3) is 2.27. The van der Waals surface area contributed by atoms with Crippen molar-refractivity contribution in [1.29, 1.82) is 0 Å². The Hall–Kier alpha value is -0.0800. The molecule has 1 aromatic carbocycles. The minimum atomic E-state index is 0.940. The standard InChI is InChI=1S/C8H10S2/c1-7-2-4-8(5-3-7)6-10-9/h2-5,9H,6H2,1H3/p-1. The van der Waals surface area contributed by atoms with E-state index in [-0.39, 0.29) is 0 Å². The van der Waals surface area contributed by atoms with Crippen LogP contribution in [0.25, 0.3) is 0 Å². The molecule has 0 N–H and O–H groups in total. The van der Waals surface area contributed by atoms with Crippen LogP contribution in [-0.2, 0) is 17.4 Å². The minimum Gasteiger partial charge on any atom is -0.719 e. The van der Waals surface area contributed by atoms with Gasteiger partial charge in [-0.05, 0) is 18.2 Å². The Labute approximate surface area is 70.8 Å². The van der Waals surface area contributed by atoms with E-state index in [2.05, 4.69) is 31.2 Å². The van der Waals surface area contributed by atoms with Crippen LogP contribution in [0.3, 0.4) is 0 Å². The minimum absolute atomic E-state index is 0.940. The Bertz CT molecular complexity index is 191. The number of aryl methyl sites for hydroxylation is 1. The quantitative estimate of drug-likeness (QED) is 0.493. The van der Waals surface area contributed by atoms with E-state index < -0.39 is 0 Å². The lowest BCUT2D eigenvalue weighted by molar-refractivity contribution is 1.37. The Morgan fingerprint density at radius 1 is 1.30 bits per heavy atom. The molecule has 0 heterocycles. The van der Waals surface area contributed by atoms with Crippen molar-refractivity contribution in [2.75, 3.05) is 0 Å². The fourth-order valence-corrected chi connectivity index (χ4v) is 1.49. The van der Waals surface area contributed by atoms with Crippen LogP contribution in [0.2, 0.25) is 0 Å². The summed E-state index contributed by atoms with van der Waals surface area (Å²) in [5.41, 5.74) is 2.61. The summed E-state index contributed by atoms with van der Waals surface area (Å²) in [6.45, 7) is 2.09. The van der Waals surface area contributed by atoms with E-state index in [0.717, 1.165) is 5.75 Å². The van der Waals surface area contributed by atoms with Gasteiger partial charge in [0.2, 0.25) is 0 Å². The van der Waals surface area contributed by atoms with Crippen molar-refractivity contribution in [2.45, 2.75) is 12.7 Å². The van der Waals surface area contributed by atoms with Crippen LogP contribution in [0.5, 0.6) is 0 Å². The topological polar surface area (TPSA) is 0 Å². The van der Waals surface area contributed by atoms with Crippen molar-refractivity contribution in [3.05, 3.63) is 35.4 Å². The predicted molar refractivity (Wildman–Crippen MR) is 49.8 cm³/mol. The molecule has 0 saturated heterocycles. The summed E-state index contributed by atoms with van der Waals surface area (Å²) < 4.78 is 0. The van der Waals surface area contributed by atoms with Crippen LogP contribution in [0.1, 0.15) is 11.1 Å². The lowest BCUT2D eigenvalue weighted by Gasteiger charge is -2.04. The van der Waals surface area contributed by atoms with Gasteiger partial charge in [0, 0.05) is 0 Å². The van der Waals surface area contributed by atoms with Gasteiger partial charge in [-0.25, -0.2) is 0 Å². The normalized spacial score (nSPS) is 9.80. The molecule has 1 rings (SSSR count). The number of rotatable bonds is 2. The third-order valence-corrected chi connectivity index (χ3v) is 2.15. The highest BCUT2D eigenvalue weighted by molar-refractivity contribution is 8.58. The maximum Gasteiger partial charge on any atom is -0.00532 e. The molecule has 0 unspecified atom stereocenters. The molecule has 0 radical (unpaired) electrons. The Kier molecular flexibility index (Phi) is 3.16. The van der Waals surface area contributed by atoms with E-state index in [1.165, 1.54) is 21.9 Å². The average molecular weight is 169 g/mol. The summed E-state index contributed by atoms with van der Waals surface area (Å²) in [5, 5.41) is 0. The summed E-state index contributed by atoms with van der Waals surface area (Å²) in [6, 6.07) is 8.46. The van der Waals surface area contributed by atoms with Crippen LogP contribution >= 0.6 is 10.8 Å². The first-order valence-electron chi connectivity index (χ1n) is 3.13. The number of benzene rings is 1. The zero-order chi connectivity index (χ0) is 7.40. The molecule has 0 atom stereocenters. The molecular formula is C8H9S2-. The SMILES string of the molecule is Cc1ccc(CS[S-])cc1. The van der Waals surface area contributed by atoms with Crippen LogP contribution in [0, 0.1) is 6.92 Å². The maximum absolute atomic E-state index is 4.78. The van der Waals surface area contributed by atoms with Crippen molar-refractivity contribution < 1.29 is 0 Å². The molecule has 0 spiro atoms. The van der Waals surface area contributed by atoms with E-state index >= 15 is 0 Å². The first kappa shape index (κ1) is 8.02. The van der Waals surface area contributed by atoms with Crippen molar-refractivity contribution >= 4 is 22.5 Å². The number of hydrogen-bond acceptors (Lipinski definition) is 2. The Morgan fingerprint density at radius 3 is 2.40 bits per heavy atom. The van der Waals surface area contributed by atoms with E-state index in [4.69, 9.17) is 11.7 Å². The fraction of sp³-hybridized carbons (Fsp3) is 0.250. The summed E-state index contributed by atoms with van der Waals surface area (Å²) in [7, 11) is 1.44. The molecule has 10 heavy (non-hydrogen) atoms. The second-order valence-electron chi connectivity index (χ2n) is 2.25. The van der Waals surface area contributed by atoms with Gasteiger partial charge >= 0.3 is 0 Å². The Balaban J connectivity index is 2.69. The third-order valence-electron chi connectivity index (χ3n) is 1.35. The van der Waals surface area contributed by atoms with Gasteiger partial charge in [-0.2, -0.15) is 0 Å². The van der Waals surface area contributed by atoms with Crippen LogP contribution in [-0.4, -0.2) is 0 Å². The zero-order valence-electron chi connectivity index (χ0n) is 5.83. The average Bonchev–Trinajstić information content (AvgIpc) is 1.95. The van der Waals surface area contributed by atoms with Gasteiger partial charge in [-0.15, -0.1) is 0 Å². The maximum atomic E-state index is 4.78. The Morgan fingerprint density at radius 2 is 1.90 bits per heavy atom. The lowest BCUT2D eigenvalue weighted by atomic mass is 10.2. The predicted octanol–water partition coefficient (Wildman–Crippen LogP) is 2.69. The van der Waals surface area contributed by atoms with E-state index in [0.29, 0.717) is 0 Å². The first-order chi connectivity index (χ1) is 4.83. The summed E-state index contributed by atoms with van der Waals surface area (Å²) >= 11 is 4.78. The summed E-state index contributed by atoms with van der Waals surface area (Å²) in [6.07, 6.45) is 0. The molecule has 0 nitrogen and oxygen atoms in total.